The summed E-state index contributed by atoms with van der Waals surface area (Å²) < 4.78 is 5.40. The standard InChI is InChI=1S/C13H19ClN2O2/c1-9(2)18-7-6-16(3)13(17)11-8-10(14)4-5-12(11)15/h4-5,8-9H,6-7,15H2,1-3H3. The Hall–Kier alpha value is -1.26. The van der Waals surface area contributed by atoms with E-state index in [1.165, 1.54) is 0 Å². The van der Waals surface area contributed by atoms with Gasteiger partial charge in [-0.2, -0.15) is 0 Å². The number of benzene rings is 1. The quantitative estimate of drug-likeness (QED) is 0.836. The summed E-state index contributed by atoms with van der Waals surface area (Å²) in [6.45, 7) is 4.93. The summed E-state index contributed by atoms with van der Waals surface area (Å²) in [7, 11) is 1.71. The van der Waals surface area contributed by atoms with Crippen LogP contribution in [0.2, 0.25) is 5.02 Å². The molecule has 0 aliphatic heterocycles. The fourth-order valence-corrected chi connectivity index (χ4v) is 1.62. The van der Waals surface area contributed by atoms with Crippen molar-refractivity contribution in [2.75, 3.05) is 25.9 Å². The zero-order chi connectivity index (χ0) is 13.7. The molecule has 0 heterocycles. The van der Waals surface area contributed by atoms with Crippen LogP contribution in [-0.4, -0.2) is 37.1 Å². The molecule has 0 aromatic heterocycles. The van der Waals surface area contributed by atoms with Gasteiger partial charge in [0.15, 0.2) is 0 Å². The number of halogens is 1. The molecule has 1 rings (SSSR count). The second kappa shape index (κ2) is 6.61. The van der Waals surface area contributed by atoms with Gasteiger partial charge >= 0.3 is 0 Å². The number of nitrogen functional groups attached to an aromatic ring is 1. The molecule has 0 spiro atoms. The fourth-order valence-electron chi connectivity index (χ4n) is 1.45. The van der Waals surface area contributed by atoms with Crippen molar-refractivity contribution < 1.29 is 9.53 Å². The number of rotatable bonds is 5. The van der Waals surface area contributed by atoms with E-state index in [9.17, 15) is 4.79 Å². The number of carbonyl (C=O) groups excluding carboxylic acids is 1. The Balaban J connectivity index is 2.65. The van der Waals surface area contributed by atoms with Crippen LogP contribution in [0.1, 0.15) is 24.2 Å². The maximum absolute atomic E-state index is 12.1. The first-order valence-corrected chi connectivity index (χ1v) is 6.21. The number of ether oxygens (including phenoxy) is 1. The monoisotopic (exact) mass is 270 g/mol. The second-order valence-electron chi connectivity index (χ2n) is 4.38. The number of amides is 1. The Morgan fingerprint density at radius 1 is 1.50 bits per heavy atom. The van der Waals surface area contributed by atoms with Gasteiger partial charge in [-0.05, 0) is 32.0 Å². The highest BCUT2D eigenvalue weighted by Crippen LogP contribution is 2.19. The average molecular weight is 271 g/mol. The number of anilines is 1. The molecule has 0 aliphatic carbocycles. The van der Waals surface area contributed by atoms with E-state index in [1.54, 1.807) is 30.1 Å². The van der Waals surface area contributed by atoms with Crippen LogP contribution in [0, 0.1) is 0 Å². The minimum absolute atomic E-state index is 0.151. The van der Waals surface area contributed by atoms with E-state index in [2.05, 4.69) is 0 Å². The summed E-state index contributed by atoms with van der Waals surface area (Å²) in [6, 6.07) is 4.88. The van der Waals surface area contributed by atoms with Gasteiger partial charge < -0.3 is 15.4 Å². The average Bonchev–Trinajstić information content (AvgIpc) is 2.30. The van der Waals surface area contributed by atoms with Gasteiger partial charge in [-0.25, -0.2) is 0 Å². The Morgan fingerprint density at radius 3 is 2.78 bits per heavy atom. The lowest BCUT2D eigenvalue weighted by molar-refractivity contribution is 0.0532. The van der Waals surface area contributed by atoms with Crippen LogP contribution in [-0.2, 0) is 4.74 Å². The fraction of sp³-hybridized carbons (Fsp3) is 0.462. The molecule has 5 heteroatoms. The molecule has 2 N–H and O–H groups in total. The lowest BCUT2D eigenvalue weighted by Crippen LogP contribution is -2.31. The zero-order valence-electron chi connectivity index (χ0n) is 10.9. The van der Waals surface area contributed by atoms with Gasteiger partial charge in [0.25, 0.3) is 5.91 Å². The molecular formula is C13H19ClN2O2. The Bertz CT molecular complexity index is 421. The van der Waals surface area contributed by atoms with Crippen LogP contribution in [0.25, 0.3) is 0 Å². The third-order valence-corrected chi connectivity index (χ3v) is 2.71. The van der Waals surface area contributed by atoms with Gasteiger partial charge in [0, 0.05) is 24.3 Å². The number of likely N-dealkylation sites (N-methyl/N-ethyl adjacent to an activating group) is 1. The summed E-state index contributed by atoms with van der Waals surface area (Å²) in [5.74, 6) is -0.151. The molecule has 0 saturated heterocycles. The van der Waals surface area contributed by atoms with Gasteiger partial charge in [0.05, 0.1) is 18.3 Å². The van der Waals surface area contributed by atoms with Gasteiger partial charge in [-0.3, -0.25) is 4.79 Å². The van der Waals surface area contributed by atoms with Crippen molar-refractivity contribution in [1.29, 1.82) is 0 Å². The third-order valence-electron chi connectivity index (χ3n) is 2.47. The van der Waals surface area contributed by atoms with Crippen molar-refractivity contribution in [3.63, 3.8) is 0 Å². The van der Waals surface area contributed by atoms with Crippen LogP contribution in [0.15, 0.2) is 18.2 Å². The van der Waals surface area contributed by atoms with E-state index in [4.69, 9.17) is 22.1 Å². The normalized spacial score (nSPS) is 10.7. The number of carbonyl (C=O) groups is 1. The molecule has 0 saturated carbocycles. The van der Waals surface area contributed by atoms with Crippen LogP contribution in [0.5, 0.6) is 0 Å². The van der Waals surface area contributed by atoms with Gasteiger partial charge in [-0.15, -0.1) is 0 Å². The number of hydrogen-bond donors (Lipinski definition) is 1. The molecule has 0 bridgehead atoms. The molecule has 0 radical (unpaired) electrons. The molecule has 1 aromatic rings. The summed E-state index contributed by atoms with van der Waals surface area (Å²) in [5.41, 5.74) is 6.62. The molecule has 4 nitrogen and oxygen atoms in total. The topological polar surface area (TPSA) is 55.6 Å². The number of nitrogens with zero attached hydrogens (tertiary/aromatic N) is 1. The minimum Gasteiger partial charge on any atom is -0.398 e. The van der Waals surface area contributed by atoms with Crippen LogP contribution in [0.3, 0.4) is 0 Å². The van der Waals surface area contributed by atoms with E-state index in [1.807, 2.05) is 13.8 Å². The summed E-state index contributed by atoms with van der Waals surface area (Å²) in [4.78, 5) is 13.7. The maximum atomic E-state index is 12.1. The molecule has 0 unspecified atom stereocenters. The highest BCUT2D eigenvalue weighted by atomic mass is 35.5. The molecule has 1 aromatic carbocycles. The maximum Gasteiger partial charge on any atom is 0.255 e. The van der Waals surface area contributed by atoms with Crippen molar-refractivity contribution in [1.82, 2.24) is 4.90 Å². The van der Waals surface area contributed by atoms with Crippen molar-refractivity contribution in [2.24, 2.45) is 0 Å². The van der Waals surface area contributed by atoms with Gasteiger partial charge in [-0.1, -0.05) is 11.6 Å². The van der Waals surface area contributed by atoms with E-state index in [-0.39, 0.29) is 12.0 Å². The molecule has 0 fully saturated rings. The lowest BCUT2D eigenvalue weighted by atomic mass is 10.1. The SMILES string of the molecule is CC(C)OCCN(C)C(=O)c1cc(Cl)ccc1N. The van der Waals surface area contributed by atoms with E-state index < -0.39 is 0 Å². The van der Waals surface area contributed by atoms with E-state index in [0.29, 0.717) is 29.4 Å². The molecular weight excluding hydrogens is 252 g/mol. The lowest BCUT2D eigenvalue weighted by Gasteiger charge is -2.19. The largest absolute Gasteiger partial charge is 0.398 e. The van der Waals surface area contributed by atoms with Crippen LogP contribution in [0.4, 0.5) is 5.69 Å². The van der Waals surface area contributed by atoms with Crippen LogP contribution >= 0.6 is 11.6 Å². The van der Waals surface area contributed by atoms with Crippen molar-refractivity contribution >= 4 is 23.2 Å². The molecule has 0 aliphatic rings. The first-order chi connectivity index (χ1) is 8.41. The van der Waals surface area contributed by atoms with Crippen molar-refractivity contribution in [3.05, 3.63) is 28.8 Å². The second-order valence-corrected chi connectivity index (χ2v) is 4.81. The summed E-state index contributed by atoms with van der Waals surface area (Å²) in [6.07, 6.45) is 0.157. The number of nitrogens with two attached hydrogens (primary N) is 1. The predicted molar refractivity (Wildman–Crippen MR) is 73.9 cm³/mol. The van der Waals surface area contributed by atoms with Gasteiger partial charge in [0.1, 0.15) is 0 Å². The Kier molecular flexibility index (Phi) is 5.44. The summed E-state index contributed by atoms with van der Waals surface area (Å²) in [5, 5.41) is 0.499. The highest BCUT2D eigenvalue weighted by molar-refractivity contribution is 6.31. The first kappa shape index (κ1) is 14.8. The van der Waals surface area contributed by atoms with E-state index >= 15 is 0 Å². The molecule has 1 amide bonds. The smallest absolute Gasteiger partial charge is 0.255 e. The first-order valence-electron chi connectivity index (χ1n) is 5.84. The third kappa shape index (κ3) is 4.20. The molecule has 100 valence electrons. The van der Waals surface area contributed by atoms with Gasteiger partial charge in [0.2, 0.25) is 0 Å². The van der Waals surface area contributed by atoms with Crippen molar-refractivity contribution in [2.45, 2.75) is 20.0 Å². The van der Waals surface area contributed by atoms with Crippen molar-refractivity contribution in [3.8, 4) is 0 Å². The number of hydrogen-bond acceptors (Lipinski definition) is 3. The molecule has 0 atom stereocenters. The summed E-state index contributed by atoms with van der Waals surface area (Å²) >= 11 is 5.86. The van der Waals surface area contributed by atoms with Crippen LogP contribution < -0.4 is 5.73 Å². The molecule has 18 heavy (non-hydrogen) atoms. The van der Waals surface area contributed by atoms with E-state index in [0.717, 1.165) is 0 Å². The minimum atomic E-state index is -0.151. The zero-order valence-corrected chi connectivity index (χ0v) is 11.7. The Morgan fingerprint density at radius 2 is 2.17 bits per heavy atom. The predicted octanol–water partition coefficient (Wildman–Crippen LogP) is 2.42. The Labute approximate surface area is 113 Å². The highest BCUT2D eigenvalue weighted by Gasteiger charge is 2.15.